The summed E-state index contributed by atoms with van der Waals surface area (Å²) in [5.41, 5.74) is 4.48. The van der Waals surface area contributed by atoms with Gasteiger partial charge in [0.15, 0.2) is 5.95 Å². The number of sulfonamides is 1. The number of hydrogen-bond donors (Lipinski definition) is 5. The van der Waals surface area contributed by atoms with Gasteiger partial charge in [0.2, 0.25) is 10.0 Å². The monoisotopic (exact) mass is 564 g/mol. The highest BCUT2D eigenvalue weighted by molar-refractivity contribution is 7.89. The zero-order chi connectivity index (χ0) is 29.2. The van der Waals surface area contributed by atoms with E-state index in [0.717, 1.165) is 22.3 Å². The number of aromatic amines is 2. The summed E-state index contributed by atoms with van der Waals surface area (Å²) in [5, 5.41) is 13.3. The second kappa shape index (κ2) is 11.4. The Morgan fingerprint density at radius 2 is 1.75 bits per heavy atom. The van der Waals surface area contributed by atoms with Gasteiger partial charge in [-0.1, -0.05) is 18.2 Å². The number of hydrogen-bond acceptors (Lipinski definition) is 7. The lowest BCUT2D eigenvalue weighted by Crippen LogP contribution is -2.43. The molecule has 12 heteroatoms. The smallest absolute Gasteiger partial charge is 0.322 e. The Labute approximate surface area is 231 Å². The Balaban J connectivity index is 1.56. The predicted octanol–water partition coefficient (Wildman–Crippen LogP) is 3.29. The summed E-state index contributed by atoms with van der Waals surface area (Å²) >= 11 is 0. The summed E-state index contributed by atoms with van der Waals surface area (Å²) in [7, 11) is -4.20. The molecule has 0 amide bonds. The number of aliphatic carboxylic acids is 1. The van der Waals surface area contributed by atoms with Crippen LogP contribution in [0.15, 0.2) is 46.4 Å². The third-order valence-electron chi connectivity index (χ3n) is 7.17. The topological polar surface area (TPSA) is 170 Å². The van der Waals surface area contributed by atoms with Gasteiger partial charge in [-0.2, -0.15) is 4.72 Å². The molecule has 2 heterocycles. The summed E-state index contributed by atoms with van der Waals surface area (Å²) in [5.74, 6) is -0.679. The van der Waals surface area contributed by atoms with Crippen molar-refractivity contribution in [2.24, 2.45) is 0 Å². The molecule has 0 radical (unpaired) electrons. The molecule has 0 unspecified atom stereocenters. The average molecular weight is 565 g/mol. The van der Waals surface area contributed by atoms with Crippen LogP contribution in [0.1, 0.15) is 39.2 Å². The van der Waals surface area contributed by atoms with E-state index < -0.39 is 27.6 Å². The minimum atomic E-state index is -4.20. The molecule has 210 valence electrons. The fourth-order valence-corrected chi connectivity index (χ4v) is 6.39. The Morgan fingerprint density at radius 3 is 2.38 bits per heavy atom. The lowest BCUT2D eigenvalue weighted by Gasteiger charge is -2.21. The summed E-state index contributed by atoms with van der Waals surface area (Å²) in [6.07, 6.45) is 6.73. The van der Waals surface area contributed by atoms with E-state index in [9.17, 15) is 23.1 Å². The van der Waals surface area contributed by atoms with Crippen LogP contribution in [0.2, 0.25) is 0 Å². The summed E-state index contributed by atoms with van der Waals surface area (Å²) in [4.78, 5) is 39.1. The molecule has 0 saturated heterocycles. The maximum Gasteiger partial charge on any atom is 0.322 e. The quantitative estimate of drug-likeness (QED) is 0.195. The fourth-order valence-electron chi connectivity index (χ4n) is 4.61. The molecular weight excluding hydrogens is 532 g/mol. The highest BCUT2D eigenvalue weighted by Crippen LogP contribution is 2.29. The molecule has 1 atom stereocenters. The normalized spacial score (nSPS) is 12.7. The largest absolute Gasteiger partial charge is 0.480 e. The van der Waals surface area contributed by atoms with Gasteiger partial charge >= 0.3 is 5.97 Å². The van der Waals surface area contributed by atoms with E-state index in [4.69, 9.17) is 0 Å². The van der Waals surface area contributed by atoms with E-state index in [2.05, 4.69) is 30.0 Å². The number of carbonyl (C=O) groups is 1. The van der Waals surface area contributed by atoms with Crippen molar-refractivity contribution >= 4 is 38.9 Å². The molecule has 0 aliphatic rings. The molecule has 11 nitrogen and oxygen atoms in total. The number of aromatic nitrogens is 4. The lowest BCUT2D eigenvalue weighted by atomic mass is 9.95. The Kier molecular flexibility index (Phi) is 8.21. The van der Waals surface area contributed by atoms with Crippen LogP contribution in [-0.4, -0.2) is 52.0 Å². The Morgan fingerprint density at radius 1 is 1.07 bits per heavy atom. The maximum atomic E-state index is 13.4. The molecule has 0 bridgehead atoms. The number of imidazole rings is 1. The van der Waals surface area contributed by atoms with Gasteiger partial charge in [-0.3, -0.25) is 9.59 Å². The molecule has 0 saturated carbocycles. The lowest BCUT2D eigenvalue weighted by molar-refractivity contribution is -0.139. The van der Waals surface area contributed by atoms with Gasteiger partial charge in [-0.25, -0.2) is 18.4 Å². The predicted molar refractivity (Wildman–Crippen MR) is 154 cm³/mol. The van der Waals surface area contributed by atoms with Crippen LogP contribution in [0.4, 0.5) is 5.95 Å². The van der Waals surface area contributed by atoms with E-state index in [0.29, 0.717) is 34.5 Å². The third-order valence-corrected chi connectivity index (χ3v) is 8.91. The second-order valence-corrected chi connectivity index (χ2v) is 11.3. The first kappa shape index (κ1) is 28.7. The molecule has 5 N–H and O–H groups in total. The van der Waals surface area contributed by atoms with Crippen LogP contribution in [0.5, 0.6) is 0 Å². The highest BCUT2D eigenvalue weighted by atomic mass is 32.2. The molecule has 4 aromatic rings. The first-order chi connectivity index (χ1) is 18.9. The third kappa shape index (κ3) is 5.97. The van der Waals surface area contributed by atoms with Crippen molar-refractivity contribution in [3.8, 4) is 0 Å². The average Bonchev–Trinajstić information content (AvgIpc) is 3.42. The number of rotatable bonds is 10. The Hall–Kier alpha value is -4.29. The number of nitrogens with one attached hydrogen (secondary N) is 4. The van der Waals surface area contributed by atoms with Gasteiger partial charge in [-0.05, 0) is 80.1 Å². The van der Waals surface area contributed by atoms with Gasteiger partial charge in [0.1, 0.15) is 11.9 Å². The Bertz CT molecular complexity index is 1750. The molecule has 40 heavy (non-hydrogen) atoms. The van der Waals surface area contributed by atoms with Crippen LogP contribution >= 0.6 is 0 Å². The number of nitrogens with zero attached hydrogens (tertiary/aromatic N) is 2. The van der Waals surface area contributed by atoms with Gasteiger partial charge < -0.3 is 20.4 Å². The van der Waals surface area contributed by atoms with Crippen molar-refractivity contribution in [3.63, 3.8) is 0 Å². The molecule has 0 fully saturated rings. The number of H-pyrrole nitrogens is 2. The second-order valence-electron chi connectivity index (χ2n) is 9.68. The van der Waals surface area contributed by atoms with Crippen molar-refractivity contribution in [1.82, 2.24) is 24.7 Å². The van der Waals surface area contributed by atoms with Crippen LogP contribution in [0, 0.1) is 34.6 Å². The standard InChI is InChI=1S/C28H32N6O5S/c1-15-16(2)18(4)25(19(5)17(15)3)40(38,39)34-23(27(36)37)14-24-32-22-9-8-20(13-21(22)26(35)33-24)7-6-10-29-28-30-11-12-31-28/h6-9,11-13,23,34H,10,14H2,1-5H3,(H,36,37)(H2,29,30,31)(H,32,33,35)/b7-6+/t23-/m0/s1. The number of carboxylic acids is 1. The first-order valence-corrected chi connectivity index (χ1v) is 14.1. The van der Waals surface area contributed by atoms with Gasteiger partial charge in [0, 0.05) is 25.4 Å². The SMILES string of the molecule is Cc1c(C)c(C)c(S(=O)(=O)N[C@@H](Cc2nc3ccc(/C=C/CNc4ncc[nH]4)cc3c(=O)[nH]2)C(=O)O)c(C)c1C. The summed E-state index contributed by atoms with van der Waals surface area (Å²) in [6, 6.07) is 3.58. The number of carboxylic acid groups (broad SMARTS) is 1. The zero-order valence-electron chi connectivity index (χ0n) is 22.9. The molecule has 2 aromatic carbocycles. The van der Waals surface area contributed by atoms with Gasteiger partial charge in [0.25, 0.3) is 5.56 Å². The minimum absolute atomic E-state index is 0.0586. The maximum absolute atomic E-state index is 13.4. The van der Waals surface area contributed by atoms with Crippen molar-refractivity contribution in [2.45, 2.75) is 52.0 Å². The van der Waals surface area contributed by atoms with Gasteiger partial charge in [0.05, 0.1) is 15.8 Å². The van der Waals surface area contributed by atoms with E-state index in [-0.39, 0.29) is 17.1 Å². The van der Waals surface area contributed by atoms with E-state index in [1.807, 2.05) is 32.9 Å². The molecule has 0 spiro atoms. The molecule has 4 rings (SSSR count). The van der Waals surface area contributed by atoms with E-state index >= 15 is 0 Å². The van der Waals surface area contributed by atoms with Crippen molar-refractivity contribution in [2.75, 3.05) is 11.9 Å². The summed E-state index contributed by atoms with van der Waals surface area (Å²) in [6.45, 7) is 9.55. The van der Waals surface area contributed by atoms with Gasteiger partial charge in [-0.15, -0.1) is 0 Å². The number of fused-ring (bicyclic) bond motifs is 1. The number of benzene rings is 2. The van der Waals surface area contributed by atoms with Crippen molar-refractivity contribution in [3.05, 3.63) is 86.2 Å². The molecule has 2 aromatic heterocycles. The van der Waals surface area contributed by atoms with Crippen LogP contribution in [-0.2, 0) is 21.2 Å². The van der Waals surface area contributed by atoms with Crippen molar-refractivity contribution in [1.29, 1.82) is 0 Å². The highest BCUT2D eigenvalue weighted by Gasteiger charge is 2.30. The molecular formula is C28H32N6O5S. The number of anilines is 1. The van der Waals surface area contributed by atoms with Crippen LogP contribution in [0.3, 0.4) is 0 Å². The molecule has 0 aliphatic heterocycles. The first-order valence-electron chi connectivity index (χ1n) is 12.6. The van der Waals surface area contributed by atoms with Crippen LogP contribution in [0.25, 0.3) is 17.0 Å². The van der Waals surface area contributed by atoms with E-state index in [1.54, 1.807) is 44.4 Å². The molecule has 0 aliphatic carbocycles. The fraction of sp³-hybridized carbons (Fsp3) is 0.286. The minimum Gasteiger partial charge on any atom is -0.480 e. The van der Waals surface area contributed by atoms with Crippen LogP contribution < -0.4 is 15.6 Å². The van der Waals surface area contributed by atoms with Crippen molar-refractivity contribution < 1.29 is 18.3 Å². The van der Waals surface area contributed by atoms with E-state index in [1.165, 1.54) is 0 Å². The zero-order valence-corrected chi connectivity index (χ0v) is 23.7. The summed E-state index contributed by atoms with van der Waals surface area (Å²) < 4.78 is 29.1.